The molecule has 0 bridgehead atoms. The van der Waals surface area contributed by atoms with Crippen molar-refractivity contribution < 1.29 is 28.6 Å². The molecule has 6 heteroatoms. The van der Waals surface area contributed by atoms with Crippen molar-refractivity contribution in [3.8, 4) is 0 Å². The van der Waals surface area contributed by atoms with Crippen molar-refractivity contribution in [2.24, 2.45) is 0 Å². The van der Waals surface area contributed by atoms with Crippen LogP contribution in [-0.4, -0.2) is 37.2 Å². The molecule has 0 N–H and O–H groups in total. The van der Waals surface area contributed by atoms with Crippen LogP contribution in [0.1, 0.15) is 265 Å². The van der Waals surface area contributed by atoms with E-state index in [4.69, 9.17) is 14.2 Å². The molecular weight excluding hydrogens is 1020 g/mol. The molecule has 0 heterocycles. The highest BCUT2D eigenvalue weighted by Gasteiger charge is 2.19. The molecule has 6 nitrogen and oxygen atoms in total. The predicted molar refractivity (Wildman–Crippen MR) is 361 cm³/mol. The maximum Gasteiger partial charge on any atom is 0.306 e. The van der Waals surface area contributed by atoms with E-state index in [9.17, 15) is 14.4 Å². The maximum atomic E-state index is 12.9. The summed E-state index contributed by atoms with van der Waals surface area (Å²) >= 11 is 0. The summed E-state index contributed by atoms with van der Waals surface area (Å²) in [4.78, 5) is 38.3. The number of carbonyl (C=O) groups excluding carboxylic acids is 3. The second-order valence-electron chi connectivity index (χ2n) is 21.2. The van der Waals surface area contributed by atoms with Gasteiger partial charge < -0.3 is 14.2 Å². The van der Waals surface area contributed by atoms with Crippen LogP contribution in [0.15, 0.2) is 182 Å². The summed E-state index contributed by atoms with van der Waals surface area (Å²) < 4.78 is 16.9. The molecule has 83 heavy (non-hydrogen) atoms. The average Bonchev–Trinajstić information content (AvgIpc) is 3.49. The first-order valence-corrected chi connectivity index (χ1v) is 33.3. The van der Waals surface area contributed by atoms with Crippen molar-refractivity contribution in [3.63, 3.8) is 0 Å². The van der Waals surface area contributed by atoms with E-state index in [1.807, 2.05) is 0 Å². The third-order valence-corrected chi connectivity index (χ3v) is 13.4. The van der Waals surface area contributed by atoms with Crippen LogP contribution in [0, 0.1) is 0 Å². The minimum absolute atomic E-state index is 0.107. The third kappa shape index (κ3) is 67.2. The molecule has 0 radical (unpaired) electrons. The molecule has 0 aromatic heterocycles. The van der Waals surface area contributed by atoms with Gasteiger partial charge in [0.2, 0.25) is 0 Å². The van der Waals surface area contributed by atoms with Crippen LogP contribution in [-0.2, 0) is 28.6 Å². The topological polar surface area (TPSA) is 78.9 Å². The number of unbranched alkanes of at least 4 members (excludes halogenated alkanes) is 17. The summed E-state index contributed by atoms with van der Waals surface area (Å²) in [5, 5.41) is 0. The number of rotatable bonds is 58. The van der Waals surface area contributed by atoms with Crippen LogP contribution in [0.3, 0.4) is 0 Å². The molecule has 464 valence electrons. The van der Waals surface area contributed by atoms with Gasteiger partial charge in [0, 0.05) is 19.3 Å². The molecular formula is C77H120O6. The lowest BCUT2D eigenvalue weighted by molar-refractivity contribution is -0.167. The van der Waals surface area contributed by atoms with Crippen molar-refractivity contribution >= 4 is 17.9 Å². The van der Waals surface area contributed by atoms with Gasteiger partial charge in [0.25, 0.3) is 0 Å². The third-order valence-electron chi connectivity index (χ3n) is 13.4. The van der Waals surface area contributed by atoms with Gasteiger partial charge in [0.15, 0.2) is 6.10 Å². The highest BCUT2D eigenvalue weighted by molar-refractivity contribution is 5.71. The van der Waals surface area contributed by atoms with Crippen LogP contribution in [0.5, 0.6) is 0 Å². The molecule has 0 rings (SSSR count). The first kappa shape index (κ1) is 77.5. The SMILES string of the molecule is CC/C=C\C/C=C\C/C=C\C/C=C\C/C=C\C/C=C\C/C=C\CCCCCCCCCCCC(=O)OCC(COC(=O)CCCCC/C=C\C/C=C\C/C=C\CC)OC(=O)CCCCCCC/C=C\C/C=C\C/C=C\C/C=C\C/C=C\CC. The number of carbonyl (C=O) groups is 3. The summed E-state index contributed by atoms with van der Waals surface area (Å²) in [6.07, 6.45) is 103. The lowest BCUT2D eigenvalue weighted by Crippen LogP contribution is -2.30. The Kier molecular flexibility index (Phi) is 64.4. The molecule has 0 aliphatic heterocycles. The Balaban J connectivity index is 4.39. The van der Waals surface area contributed by atoms with E-state index in [2.05, 4.69) is 203 Å². The summed E-state index contributed by atoms with van der Waals surface area (Å²) in [7, 11) is 0. The van der Waals surface area contributed by atoms with E-state index in [1.54, 1.807) is 0 Å². The lowest BCUT2D eigenvalue weighted by atomic mass is 10.1. The molecule has 0 saturated carbocycles. The van der Waals surface area contributed by atoms with Gasteiger partial charge in [-0.25, -0.2) is 0 Å². The molecule has 0 aromatic carbocycles. The Labute approximate surface area is 510 Å². The zero-order valence-electron chi connectivity index (χ0n) is 53.1. The minimum atomic E-state index is -0.815. The van der Waals surface area contributed by atoms with Crippen LogP contribution in [0.4, 0.5) is 0 Å². The quantitative estimate of drug-likeness (QED) is 0.0261. The zero-order chi connectivity index (χ0) is 59.9. The van der Waals surface area contributed by atoms with Crippen LogP contribution in [0.25, 0.3) is 0 Å². The van der Waals surface area contributed by atoms with Gasteiger partial charge >= 0.3 is 17.9 Å². The van der Waals surface area contributed by atoms with E-state index in [1.165, 1.54) is 38.5 Å². The van der Waals surface area contributed by atoms with Crippen molar-refractivity contribution in [1.29, 1.82) is 0 Å². The fraction of sp³-hybridized carbons (Fsp3) is 0.571. The fourth-order valence-electron chi connectivity index (χ4n) is 8.52. The Hall–Kier alpha value is -5.49. The highest BCUT2D eigenvalue weighted by Crippen LogP contribution is 2.14. The standard InChI is InChI=1S/C77H120O6/c1-4-7-10-13-16-19-22-25-27-29-31-33-34-35-36-37-38-39-40-41-42-44-45-47-49-52-55-58-61-64-67-70-76(79)82-73-74(72-81-75(78)69-66-63-60-57-54-51-24-21-18-15-12-9-6-3)83-77(80)71-68-65-62-59-56-53-50-48-46-43-32-30-28-26-23-20-17-14-11-8-5-2/h7-12,16-21,25-28,31-33,35-36,38-39,41-43,48,50-51,54,74H,4-6,13-15,22-24,29-30,34,37,40,44-47,49,52-53,55-73H2,1-3H3/b10-7-,11-8-,12-9-,19-16-,20-17-,21-18-,27-25-,28-26-,33-31-,36-35-,39-38-,42-41-,43-32-,50-48-,54-51-. The van der Waals surface area contributed by atoms with Crippen LogP contribution in [0.2, 0.25) is 0 Å². The Bertz CT molecular complexity index is 1940. The van der Waals surface area contributed by atoms with Gasteiger partial charge in [0.1, 0.15) is 13.2 Å². The van der Waals surface area contributed by atoms with Crippen molar-refractivity contribution in [2.45, 2.75) is 271 Å². The van der Waals surface area contributed by atoms with Gasteiger partial charge in [-0.1, -0.05) is 274 Å². The van der Waals surface area contributed by atoms with Gasteiger partial charge in [-0.15, -0.1) is 0 Å². The Morgan fingerprint density at radius 2 is 0.434 bits per heavy atom. The van der Waals surface area contributed by atoms with Crippen molar-refractivity contribution in [3.05, 3.63) is 182 Å². The summed E-state index contributed by atoms with van der Waals surface area (Å²) in [6.45, 7) is 6.24. The Morgan fingerprint density at radius 3 is 0.687 bits per heavy atom. The number of hydrogen-bond acceptors (Lipinski definition) is 6. The van der Waals surface area contributed by atoms with Crippen molar-refractivity contribution in [1.82, 2.24) is 0 Å². The second kappa shape index (κ2) is 69.0. The number of hydrogen-bond donors (Lipinski definition) is 0. The first-order valence-electron chi connectivity index (χ1n) is 33.3. The van der Waals surface area contributed by atoms with Gasteiger partial charge in [-0.05, 0) is 154 Å². The summed E-state index contributed by atoms with van der Waals surface area (Å²) in [5.74, 6) is -0.967. The smallest absolute Gasteiger partial charge is 0.306 e. The van der Waals surface area contributed by atoms with E-state index in [-0.39, 0.29) is 37.5 Å². The van der Waals surface area contributed by atoms with E-state index in [0.29, 0.717) is 12.8 Å². The van der Waals surface area contributed by atoms with Crippen molar-refractivity contribution in [2.75, 3.05) is 13.2 Å². The fourth-order valence-corrected chi connectivity index (χ4v) is 8.52. The summed E-state index contributed by atoms with van der Waals surface area (Å²) in [6, 6.07) is 0. The molecule has 0 aliphatic rings. The Morgan fingerprint density at radius 1 is 0.241 bits per heavy atom. The molecule has 0 spiro atoms. The number of esters is 3. The molecule has 0 fully saturated rings. The predicted octanol–water partition coefficient (Wildman–Crippen LogP) is 23.2. The van der Waals surface area contributed by atoms with E-state index >= 15 is 0 Å². The van der Waals surface area contributed by atoms with Crippen LogP contribution >= 0.6 is 0 Å². The first-order chi connectivity index (χ1) is 41.0. The highest BCUT2D eigenvalue weighted by atomic mass is 16.6. The average molecular weight is 1140 g/mol. The van der Waals surface area contributed by atoms with Gasteiger partial charge in [-0.2, -0.15) is 0 Å². The van der Waals surface area contributed by atoms with E-state index in [0.717, 1.165) is 186 Å². The minimum Gasteiger partial charge on any atom is -0.462 e. The summed E-state index contributed by atoms with van der Waals surface area (Å²) in [5.41, 5.74) is 0. The van der Waals surface area contributed by atoms with Crippen LogP contribution < -0.4 is 0 Å². The molecule has 0 saturated heterocycles. The molecule has 1 atom stereocenters. The zero-order valence-corrected chi connectivity index (χ0v) is 53.1. The number of ether oxygens (including phenoxy) is 3. The largest absolute Gasteiger partial charge is 0.462 e. The van der Waals surface area contributed by atoms with E-state index < -0.39 is 6.10 Å². The normalized spacial score (nSPS) is 13.3. The van der Waals surface area contributed by atoms with Gasteiger partial charge in [-0.3, -0.25) is 14.4 Å². The lowest BCUT2D eigenvalue weighted by Gasteiger charge is -2.18. The molecule has 0 aromatic rings. The van der Waals surface area contributed by atoms with Gasteiger partial charge in [0.05, 0.1) is 0 Å². The molecule has 0 aliphatic carbocycles. The molecule has 0 amide bonds. The molecule has 1 unspecified atom stereocenters. The number of allylic oxidation sites excluding steroid dienone is 30. The maximum absolute atomic E-state index is 12.9. The monoisotopic (exact) mass is 1140 g/mol. The second-order valence-corrected chi connectivity index (χ2v) is 21.2.